The molecule has 0 aliphatic rings. The predicted molar refractivity (Wildman–Crippen MR) is 70.3 cm³/mol. The van der Waals surface area contributed by atoms with Gasteiger partial charge in [-0.1, -0.05) is 53.3 Å². The van der Waals surface area contributed by atoms with E-state index in [0.29, 0.717) is 10.9 Å². The molecule has 1 N–H and O–H groups in total. The Balaban J connectivity index is 2.60. The van der Waals surface area contributed by atoms with Crippen LogP contribution in [0.2, 0.25) is 0 Å². The number of nitrogens with zero attached hydrogens (tertiary/aromatic N) is 2. The number of nitrogens with one attached hydrogen (secondary N) is 1. The Bertz CT molecular complexity index is 399. The van der Waals surface area contributed by atoms with Crippen LogP contribution in [0.5, 0.6) is 0 Å². The molecule has 0 aromatic carbocycles. The van der Waals surface area contributed by atoms with Gasteiger partial charge >= 0.3 is 0 Å². The Hall–Kier alpha value is -0.840. The summed E-state index contributed by atoms with van der Waals surface area (Å²) in [6, 6.07) is 0. The molecule has 0 aliphatic carbocycles. The summed E-state index contributed by atoms with van der Waals surface area (Å²) in [4.78, 5) is 16.1. The number of aromatic nitrogens is 3. The molecule has 96 valence electrons. The highest BCUT2D eigenvalue weighted by atomic mass is 32.2. The van der Waals surface area contributed by atoms with E-state index in [1.165, 1.54) is 11.8 Å². The van der Waals surface area contributed by atoms with Crippen molar-refractivity contribution in [3.05, 3.63) is 5.82 Å². The lowest BCUT2D eigenvalue weighted by Gasteiger charge is -2.15. The number of hydrogen-bond acceptors (Lipinski definition) is 4. The van der Waals surface area contributed by atoms with Gasteiger partial charge in [0.15, 0.2) is 0 Å². The Labute approximate surface area is 107 Å². The molecule has 0 atom stereocenters. The van der Waals surface area contributed by atoms with Crippen molar-refractivity contribution < 1.29 is 4.79 Å². The van der Waals surface area contributed by atoms with E-state index in [9.17, 15) is 4.79 Å². The third kappa shape index (κ3) is 4.15. The molecule has 0 bridgehead atoms. The van der Waals surface area contributed by atoms with Gasteiger partial charge in [-0.25, -0.2) is 4.98 Å². The van der Waals surface area contributed by atoms with Gasteiger partial charge in [-0.05, 0) is 0 Å². The molecule has 1 rings (SSSR count). The first-order chi connectivity index (χ1) is 7.60. The standard InChI is InChI=1S/C12H21N3OS/c1-11(2,3)8(16)7-17-10-13-9(14-15-10)12(4,5)6/h7H2,1-6H3,(H,13,14,15). The van der Waals surface area contributed by atoms with Crippen molar-refractivity contribution in [2.24, 2.45) is 5.41 Å². The Kier molecular flexibility index (Phi) is 4.02. The lowest BCUT2D eigenvalue weighted by Crippen LogP contribution is -2.22. The Morgan fingerprint density at radius 1 is 1.24 bits per heavy atom. The van der Waals surface area contributed by atoms with Crippen molar-refractivity contribution in [1.29, 1.82) is 0 Å². The van der Waals surface area contributed by atoms with Gasteiger partial charge in [-0.2, -0.15) is 0 Å². The average Bonchev–Trinajstić information content (AvgIpc) is 2.59. The zero-order chi connectivity index (χ0) is 13.3. The number of aromatic amines is 1. The summed E-state index contributed by atoms with van der Waals surface area (Å²) in [6.07, 6.45) is 0. The van der Waals surface area contributed by atoms with E-state index in [1.54, 1.807) is 0 Å². The number of hydrogen-bond donors (Lipinski definition) is 1. The van der Waals surface area contributed by atoms with Crippen molar-refractivity contribution in [3.8, 4) is 0 Å². The maximum absolute atomic E-state index is 11.8. The third-order valence-corrected chi connectivity index (χ3v) is 3.19. The summed E-state index contributed by atoms with van der Waals surface area (Å²) in [5.74, 6) is 1.48. The van der Waals surface area contributed by atoms with E-state index in [0.717, 1.165) is 5.82 Å². The first kappa shape index (κ1) is 14.2. The van der Waals surface area contributed by atoms with Crippen LogP contribution >= 0.6 is 11.8 Å². The second-order valence-electron chi connectivity index (χ2n) is 6.18. The van der Waals surface area contributed by atoms with Gasteiger partial charge in [-0.3, -0.25) is 9.89 Å². The summed E-state index contributed by atoms with van der Waals surface area (Å²) in [7, 11) is 0. The first-order valence-electron chi connectivity index (χ1n) is 5.69. The molecule has 1 aromatic heterocycles. The highest BCUT2D eigenvalue weighted by molar-refractivity contribution is 7.99. The SMILES string of the molecule is CC(C)(C)C(=O)CSc1n[nH]c(C(C)(C)C)n1. The molecule has 17 heavy (non-hydrogen) atoms. The minimum Gasteiger partial charge on any atom is -0.298 e. The van der Waals surface area contributed by atoms with Gasteiger partial charge in [0.1, 0.15) is 11.6 Å². The molecule has 0 fully saturated rings. The van der Waals surface area contributed by atoms with Crippen LogP contribution in [0.25, 0.3) is 0 Å². The molecule has 4 nitrogen and oxygen atoms in total. The number of rotatable bonds is 3. The molecule has 1 heterocycles. The molecule has 0 spiro atoms. The number of thioether (sulfide) groups is 1. The Morgan fingerprint density at radius 3 is 2.24 bits per heavy atom. The summed E-state index contributed by atoms with van der Waals surface area (Å²) in [5.41, 5.74) is -0.337. The molecular weight excluding hydrogens is 234 g/mol. The monoisotopic (exact) mass is 255 g/mol. The zero-order valence-corrected chi connectivity index (χ0v) is 12.2. The summed E-state index contributed by atoms with van der Waals surface area (Å²) in [5, 5.41) is 7.67. The topological polar surface area (TPSA) is 58.6 Å². The number of H-pyrrole nitrogens is 1. The van der Waals surface area contributed by atoms with Crippen LogP contribution < -0.4 is 0 Å². The van der Waals surface area contributed by atoms with Crippen molar-refractivity contribution in [1.82, 2.24) is 15.2 Å². The highest BCUT2D eigenvalue weighted by Gasteiger charge is 2.23. The minimum absolute atomic E-state index is 0.0418. The lowest BCUT2D eigenvalue weighted by molar-refractivity contribution is -0.123. The fourth-order valence-electron chi connectivity index (χ4n) is 0.993. The van der Waals surface area contributed by atoms with Crippen molar-refractivity contribution in [2.45, 2.75) is 52.1 Å². The van der Waals surface area contributed by atoms with Crippen LogP contribution in [0.3, 0.4) is 0 Å². The number of carbonyl (C=O) groups excluding carboxylic acids is 1. The van der Waals surface area contributed by atoms with Crippen molar-refractivity contribution >= 4 is 17.5 Å². The minimum atomic E-state index is -0.295. The third-order valence-electron chi connectivity index (χ3n) is 2.34. The zero-order valence-electron chi connectivity index (χ0n) is 11.4. The van der Waals surface area contributed by atoms with Crippen molar-refractivity contribution in [3.63, 3.8) is 0 Å². The lowest BCUT2D eigenvalue weighted by atomic mass is 9.92. The van der Waals surface area contributed by atoms with E-state index in [1.807, 2.05) is 20.8 Å². The largest absolute Gasteiger partial charge is 0.298 e. The van der Waals surface area contributed by atoms with E-state index in [-0.39, 0.29) is 16.6 Å². The molecule has 0 radical (unpaired) electrons. The van der Waals surface area contributed by atoms with Gasteiger partial charge in [0.25, 0.3) is 0 Å². The molecule has 0 amide bonds. The van der Waals surface area contributed by atoms with Crippen LogP contribution in [-0.4, -0.2) is 26.7 Å². The van der Waals surface area contributed by atoms with E-state index >= 15 is 0 Å². The fourth-order valence-corrected chi connectivity index (χ4v) is 1.95. The molecule has 5 heteroatoms. The second-order valence-corrected chi connectivity index (χ2v) is 7.12. The summed E-state index contributed by atoms with van der Waals surface area (Å²) >= 11 is 1.39. The quantitative estimate of drug-likeness (QED) is 0.844. The van der Waals surface area contributed by atoms with Gasteiger partial charge < -0.3 is 0 Å². The maximum atomic E-state index is 11.8. The number of ketones is 1. The predicted octanol–water partition coefficient (Wildman–Crippen LogP) is 2.81. The molecule has 0 aliphatic heterocycles. The smallest absolute Gasteiger partial charge is 0.208 e. The van der Waals surface area contributed by atoms with Crippen LogP contribution in [0.4, 0.5) is 0 Å². The number of Topliss-reactive ketones (excluding diaryl/α,β-unsaturated/α-hetero) is 1. The fraction of sp³-hybridized carbons (Fsp3) is 0.750. The normalized spacial score (nSPS) is 12.8. The molecule has 1 aromatic rings. The van der Waals surface area contributed by atoms with E-state index in [4.69, 9.17) is 0 Å². The first-order valence-corrected chi connectivity index (χ1v) is 6.68. The van der Waals surface area contributed by atoms with Crippen LogP contribution in [0.15, 0.2) is 5.16 Å². The molecule has 0 saturated carbocycles. The van der Waals surface area contributed by atoms with Gasteiger partial charge in [0.05, 0.1) is 5.75 Å². The maximum Gasteiger partial charge on any atom is 0.208 e. The Morgan fingerprint density at radius 2 is 1.82 bits per heavy atom. The molecular formula is C12H21N3OS. The van der Waals surface area contributed by atoms with Crippen LogP contribution in [-0.2, 0) is 10.2 Å². The van der Waals surface area contributed by atoms with Crippen molar-refractivity contribution in [2.75, 3.05) is 5.75 Å². The van der Waals surface area contributed by atoms with Gasteiger partial charge in [0, 0.05) is 10.8 Å². The van der Waals surface area contributed by atoms with E-state index < -0.39 is 0 Å². The van der Waals surface area contributed by atoms with Gasteiger partial charge in [-0.15, -0.1) is 5.10 Å². The molecule has 0 unspecified atom stereocenters. The highest BCUT2D eigenvalue weighted by Crippen LogP contribution is 2.23. The number of carbonyl (C=O) groups is 1. The average molecular weight is 255 g/mol. The second kappa shape index (κ2) is 4.80. The van der Waals surface area contributed by atoms with Crippen LogP contribution in [0.1, 0.15) is 47.4 Å². The summed E-state index contributed by atoms with van der Waals surface area (Å²) < 4.78 is 0. The van der Waals surface area contributed by atoms with Gasteiger partial charge in [0.2, 0.25) is 5.16 Å². The van der Waals surface area contributed by atoms with E-state index in [2.05, 4.69) is 36.0 Å². The molecule has 0 saturated heterocycles. The van der Waals surface area contributed by atoms with Crippen LogP contribution in [0, 0.1) is 5.41 Å². The summed E-state index contributed by atoms with van der Waals surface area (Å²) in [6.45, 7) is 12.0.